The van der Waals surface area contributed by atoms with E-state index in [2.05, 4.69) is 9.97 Å². The lowest BCUT2D eigenvalue weighted by atomic mass is 9.73. The van der Waals surface area contributed by atoms with Gasteiger partial charge in [0.1, 0.15) is 23.9 Å². The largest absolute Gasteiger partial charge is 0.458 e. The first-order valence-corrected chi connectivity index (χ1v) is 20.9. The van der Waals surface area contributed by atoms with E-state index in [4.69, 9.17) is 23.7 Å². The SMILES string of the molecule is CC[C@H]1OC(=O)[C@H](C)C(=O)[C@H](C)[C@@H](O[C@@H]2O[C@H](C)C(O)[C@H](N(C)C)[C@H]2O)[C@](C)(OC)C[C@@H](C)C(=O)[C@H](C)[C@H]2N(CCCCn3cnc(-c4cccnc4)c3)C(=O)O[C@]12C. The third-order valence-electron chi connectivity index (χ3n) is 12.9. The van der Waals surface area contributed by atoms with Gasteiger partial charge in [0, 0.05) is 62.1 Å². The molecule has 14 atom stereocenters. The number of carbonyl (C=O) groups excluding carboxylic acids is 4. The average molecular weight is 828 g/mol. The van der Waals surface area contributed by atoms with Crippen LogP contribution in [0, 0.1) is 23.7 Å². The third kappa shape index (κ3) is 9.42. The summed E-state index contributed by atoms with van der Waals surface area (Å²) in [5, 5.41) is 22.3. The van der Waals surface area contributed by atoms with Crippen molar-refractivity contribution in [2.24, 2.45) is 23.7 Å². The molecule has 16 nitrogen and oxygen atoms in total. The highest BCUT2D eigenvalue weighted by Crippen LogP contribution is 2.43. The van der Waals surface area contributed by atoms with Crippen LogP contribution in [0.5, 0.6) is 0 Å². The number of pyridine rings is 1. The number of aromatic nitrogens is 3. The van der Waals surface area contributed by atoms with Crippen molar-refractivity contribution in [3.05, 3.63) is 37.1 Å². The van der Waals surface area contributed by atoms with Gasteiger partial charge in [0.25, 0.3) is 0 Å². The number of Topliss-reactive ketones (excluding diaryl/α,β-unsaturated/α-hetero) is 2. The molecule has 5 rings (SSSR count). The first kappa shape index (κ1) is 46.3. The van der Waals surface area contributed by atoms with Crippen LogP contribution in [0.3, 0.4) is 0 Å². The van der Waals surface area contributed by atoms with Crippen LogP contribution in [-0.2, 0) is 44.6 Å². The number of amides is 1. The number of rotatable bonds is 11. The van der Waals surface area contributed by atoms with E-state index in [1.807, 2.05) is 22.9 Å². The predicted molar refractivity (Wildman–Crippen MR) is 216 cm³/mol. The summed E-state index contributed by atoms with van der Waals surface area (Å²) in [4.78, 5) is 68.8. The van der Waals surface area contributed by atoms with Gasteiger partial charge < -0.3 is 48.3 Å². The van der Waals surface area contributed by atoms with Gasteiger partial charge in [-0.25, -0.2) is 9.78 Å². The summed E-state index contributed by atoms with van der Waals surface area (Å²) >= 11 is 0. The number of carbonyl (C=O) groups is 4. The number of aliphatic hydroxyl groups excluding tert-OH is 2. The van der Waals surface area contributed by atoms with Crippen molar-refractivity contribution in [2.45, 2.75) is 148 Å². The van der Waals surface area contributed by atoms with Crippen LogP contribution in [0.15, 0.2) is 37.1 Å². The Bertz CT molecular complexity index is 1780. The van der Waals surface area contributed by atoms with E-state index in [0.717, 1.165) is 11.3 Å². The van der Waals surface area contributed by atoms with Crippen LogP contribution in [0.25, 0.3) is 11.3 Å². The molecule has 0 radical (unpaired) electrons. The molecule has 0 bridgehead atoms. The molecule has 3 fully saturated rings. The predicted octanol–water partition coefficient (Wildman–Crippen LogP) is 3.90. The number of nitrogens with zero attached hydrogens (tertiary/aromatic N) is 5. The van der Waals surface area contributed by atoms with E-state index in [9.17, 15) is 29.4 Å². The van der Waals surface area contributed by atoms with Crippen LogP contribution < -0.4 is 0 Å². The fourth-order valence-corrected chi connectivity index (χ4v) is 9.51. The summed E-state index contributed by atoms with van der Waals surface area (Å²) in [5.41, 5.74) is -1.05. The van der Waals surface area contributed by atoms with Crippen molar-refractivity contribution in [2.75, 3.05) is 27.7 Å². The second kappa shape index (κ2) is 18.9. The molecule has 328 valence electrons. The van der Waals surface area contributed by atoms with Gasteiger partial charge in [-0.2, -0.15) is 0 Å². The Kier molecular flexibility index (Phi) is 14.8. The van der Waals surface area contributed by atoms with Crippen molar-refractivity contribution in [1.82, 2.24) is 24.3 Å². The van der Waals surface area contributed by atoms with Crippen molar-refractivity contribution >= 4 is 23.6 Å². The lowest BCUT2D eigenvalue weighted by Gasteiger charge is -2.48. The highest BCUT2D eigenvalue weighted by molar-refractivity contribution is 6.00. The number of ketones is 2. The Labute approximate surface area is 347 Å². The number of aliphatic hydroxyl groups is 2. The maximum absolute atomic E-state index is 14.7. The molecular formula is C43H65N5O11. The standard InChI is InChI=1S/C43H65N5O11/c1-12-31-43(8)37(48(41(54)59-43)19-14-13-18-47-22-30(45-23-47)29-16-15-17-44-21-29)25(3)33(49)24(2)20-42(7,55-11)38(26(4)34(50)27(5)39(53)57-31)58-40-36(52)32(46(9)10)35(51)28(6)56-40/h15-17,21-28,31-32,35-38,40,51-52H,12-14,18-20H2,1-11H3/t24-,25+,26+,27-,28-,31-,32+,35?,36-,37-,38-,40+,42-,43-/m1/s1. The van der Waals surface area contributed by atoms with Crippen molar-refractivity contribution in [3.8, 4) is 11.3 Å². The topological polar surface area (TPSA) is 192 Å². The Morgan fingerprint density at radius 2 is 1.68 bits per heavy atom. The maximum atomic E-state index is 14.7. The lowest BCUT2D eigenvalue weighted by Crippen LogP contribution is -2.64. The molecular weight excluding hydrogens is 762 g/mol. The summed E-state index contributed by atoms with van der Waals surface area (Å²) in [7, 11) is 4.90. The molecule has 59 heavy (non-hydrogen) atoms. The Morgan fingerprint density at radius 1 is 0.983 bits per heavy atom. The van der Waals surface area contributed by atoms with Crippen LogP contribution in [-0.4, -0.2) is 146 Å². The number of esters is 1. The smallest absolute Gasteiger partial charge is 0.410 e. The number of cyclic esters (lactones) is 1. The van der Waals surface area contributed by atoms with E-state index >= 15 is 0 Å². The fourth-order valence-electron chi connectivity index (χ4n) is 9.51. The first-order chi connectivity index (χ1) is 27.8. The molecule has 3 aliphatic rings. The second-order valence-electron chi connectivity index (χ2n) is 17.4. The summed E-state index contributed by atoms with van der Waals surface area (Å²) in [6.07, 6.45) is 1.65. The molecule has 0 spiro atoms. The summed E-state index contributed by atoms with van der Waals surface area (Å²) < 4.78 is 32.9. The zero-order valence-corrected chi connectivity index (χ0v) is 36.4. The van der Waals surface area contributed by atoms with Crippen molar-refractivity contribution in [3.63, 3.8) is 0 Å². The fraction of sp³-hybridized carbons (Fsp3) is 0.721. The number of hydrogen-bond donors (Lipinski definition) is 2. The van der Waals surface area contributed by atoms with Crippen LogP contribution in [0.2, 0.25) is 0 Å². The number of imidazole rings is 1. The maximum Gasteiger partial charge on any atom is 0.410 e. The summed E-state index contributed by atoms with van der Waals surface area (Å²) in [5.74, 6) is -5.26. The minimum absolute atomic E-state index is 0.0767. The molecule has 0 aliphatic carbocycles. The number of hydrogen-bond acceptors (Lipinski definition) is 14. The molecule has 5 heterocycles. The quantitative estimate of drug-likeness (QED) is 0.188. The molecule has 3 aliphatic heterocycles. The van der Waals surface area contributed by atoms with E-state index in [1.54, 1.807) is 91.1 Å². The summed E-state index contributed by atoms with van der Waals surface area (Å²) in [6.45, 7) is 14.5. The highest BCUT2D eigenvalue weighted by Gasteiger charge is 2.60. The van der Waals surface area contributed by atoms with Crippen LogP contribution in [0.4, 0.5) is 4.79 Å². The van der Waals surface area contributed by atoms with E-state index < -0.39 is 102 Å². The Hall–Kier alpha value is -3.80. The van der Waals surface area contributed by atoms with E-state index in [1.165, 1.54) is 14.0 Å². The van der Waals surface area contributed by atoms with Gasteiger partial charge >= 0.3 is 12.1 Å². The number of ether oxygens (including phenoxy) is 5. The summed E-state index contributed by atoms with van der Waals surface area (Å²) in [6, 6.07) is 2.23. The van der Waals surface area contributed by atoms with E-state index in [-0.39, 0.29) is 25.2 Å². The van der Waals surface area contributed by atoms with Gasteiger partial charge in [0.2, 0.25) is 0 Å². The zero-order chi connectivity index (χ0) is 43.6. The molecule has 2 N–H and O–H groups in total. The van der Waals surface area contributed by atoms with Crippen molar-refractivity contribution < 1.29 is 53.1 Å². The van der Waals surface area contributed by atoms with Crippen molar-refractivity contribution in [1.29, 1.82) is 0 Å². The van der Waals surface area contributed by atoms with Crippen LogP contribution >= 0.6 is 0 Å². The minimum atomic E-state index is -1.42. The van der Waals surface area contributed by atoms with Gasteiger partial charge in [-0.1, -0.05) is 27.7 Å². The molecule has 1 amide bonds. The molecule has 0 saturated carbocycles. The monoisotopic (exact) mass is 827 g/mol. The molecule has 16 heteroatoms. The molecule has 2 aromatic rings. The van der Waals surface area contributed by atoms with Gasteiger partial charge in [0.15, 0.2) is 17.7 Å². The van der Waals surface area contributed by atoms with E-state index in [0.29, 0.717) is 19.4 Å². The zero-order valence-electron chi connectivity index (χ0n) is 36.4. The molecule has 2 aromatic heterocycles. The molecule has 1 unspecified atom stereocenters. The van der Waals surface area contributed by atoms with Gasteiger partial charge in [-0.15, -0.1) is 0 Å². The van der Waals surface area contributed by atoms with Crippen LogP contribution in [0.1, 0.15) is 81.1 Å². The number of likely N-dealkylation sites (N-methyl/N-ethyl adjacent to an activating group) is 1. The Morgan fingerprint density at radius 3 is 2.31 bits per heavy atom. The number of aryl methyl sites for hydroxylation is 1. The normalized spacial score (nSPS) is 37.6. The number of fused-ring (bicyclic) bond motifs is 1. The molecule has 3 saturated heterocycles. The average Bonchev–Trinajstić information content (AvgIpc) is 3.79. The lowest BCUT2D eigenvalue weighted by molar-refractivity contribution is -0.313. The van der Waals surface area contributed by atoms with Gasteiger partial charge in [0.05, 0.1) is 48.0 Å². The number of methoxy groups -OCH3 is 1. The second-order valence-corrected chi connectivity index (χ2v) is 17.4. The van der Waals surface area contributed by atoms with Gasteiger partial charge in [-0.3, -0.25) is 19.4 Å². The molecule has 0 aromatic carbocycles. The minimum Gasteiger partial charge on any atom is -0.458 e. The Balaban J connectivity index is 1.44. The van der Waals surface area contributed by atoms with Gasteiger partial charge in [-0.05, 0) is 79.6 Å². The third-order valence-corrected chi connectivity index (χ3v) is 12.9. The first-order valence-electron chi connectivity index (χ1n) is 20.9. The number of unbranched alkanes of at least 4 members (excludes halogenated alkanes) is 1. The highest BCUT2D eigenvalue weighted by atomic mass is 16.7.